The van der Waals surface area contributed by atoms with E-state index in [1.54, 1.807) is 0 Å². The van der Waals surface area contributed by atoms with Crippen molar-refractivity contribution in [3.63, 3.8) is 0 Å². The van der Waals surface area contributed by atoms with Crippen molar-refractivity contribution in [2.75, 3.05) is 7.11 Å². The minimum Gasteiger partial charge on any atom is -0.465 e. The Morgan fingerprint density at radius 3 is 2.50 bits per heavy atom. The fourth-order valence-electron chi connectivity index (χ4n) is 1.99. The number of carbonyl (C=O) groups excluding carboxylic acids is 1. The van der Waals surface area contributed by atoms with Gasteiger partial charge in [-0.1, -0.05) is 12.1 Å². The van der Waals surface area contributed by atoms with Crippen molar-refractivity contribution in [1.29, 1.82) is 5.26 Å². The van der Waals surface area contributed by atoms with E-state index in [1.807, 2.05) is 6.07 Å². The van der Waals surface area contributed by atoms with Crippen LogP contribution in [0, 0.1) is 11.3 Å². The van der Waals surface area contributed by atoms with E-state index in [0.29, 0.717) is 5.56 Å². The number of nitrogens with zero attached hydrogens (tertiary/aromatic N) is 1. The first kappa shape index (κ1) is 15.6. The van der Waals surface area contributed by atoms with E-state index in [-0.39, 0.29) is 16.7 Å². The molecule has 0 radical (unpaired) electrons. The lowest BCUT2D eigenvalue weighted by Gasteiger charge is -2.11. The molecule has 0 amide bonds. The normalized spacial score (nSPS) is 10.9. The number of hydrogen-bond donors (Lipinski definition) is 0. The maximum absolute atomic E-state index is 12.8. The average molecular weight is 305 g/mol. The van der Waals surface area contributed by atoms with Gasteiger partial charge in [0, 0.05) is 5.56 Å². The number of esters is 1. The minimum absolute atomic E-state index is 0.0926. The fraction of sp³-hybridized carbons (Fsp3) is 0.125. The van der Waals surface area contributed by atoms with E-state index >= 15 is 0 Å². The van der Waals surface area contributed by atoms with Gasteiger partial charge in [0.1, 0.15) is 0 Å². The van der Waals surface area contributed by atoms with Crippen LogP contribution >= 0.6 is 0 Å². The Hall–Kier alpha value is -2.81. The third-order valence-corrected chi connectivity index (χ3v) is 3.06. The average Bonchev–Trinajstić information content (AvgIpc) is 2.52. The van der Waals surface area contributed by atoms with Crippen LogP contribution in [0.25, 0.3) is 11.1 Å². The van der Waals surface area contributed by atoms with Crippen molar-refractivity contribution in [2.24, 2.45) is 0 Å². The van der Waals surface area contributed by atoms with Gasteiger partial charge in [0.2, 0.25) is 0 Å². The smallest absolute Gasteiger partial charge is 0.416 e. The largest absolute Gasteiger partial charge is 0.465 e. The Morgan fingerprint density at radius 1 is 1.18 bits per heavy atom. The summed E-state index contributed by atoms with van der Waals surface area (Å²) in [5, 5.41) is 9.08. The SMILES string of the molecule is COC(=O)c1cccc(-c2cc(C(F)(F)F)ccc2C#N)c1. The van der Waals surface area contributed by atoms with Crippen molar-refractivity contribution in [1.82, 2.24) is 0 Å². The lowest BCUT2D eigenvalue weighted by molar-refractivity contribution is -0.137. The molecule has 0 atom stereocenters. The van der Waals surface area contributed by atoms with Gasteiger partial charge in [0.15, 0.2) is 0 Å². The third-order valence-electron chi connectivity index (χ3n) is 3.06. The number of halogens is 3. The van der Waals surface area contributed by atoms with Gasteiger partial charge in [-0.2, -0.15) is 18.4 Å². The van der Waals surface area contributed by atoms with Gasteiger partial charge in [0.05, 0.1) is 29.9 Å². The van der Waals surface area contributed by atoms with Crippen LogP contribution in [-0.2, 0) is 10.9 Å². The number of methoxy groups -OCH3 is 1. The van der Waals surface area contributed by atoms with Gasteiger partial charge in [-0.3, -0.25) is 0 Å². The second-order valence-corrected chi connectivity index (χ2v) is 4.44. The van der Waals surface area contributed by atoms with Crippen molar-refractivity contribution in [3.8, 4) is 17.2 Å². The molecule has 2 aromatic carbocycles. The van der Waals surface area contributed by atoms with Gasteiger partial charge in [0.25, 0.3) is 0 Å². The molecule has 0 aliphatic heterocycles. The molecule has 22 heavy (non-hydrogen) atoms. The zero-order chi connectivity index (χ0) is 16.3. The molecule has 0 N–H and O–H groups in total. The van der Waals surface area contributed by atoms with Gasteiger partial charge < -0.3 is 4.74 Å². The van der Waals surface area contributed by atoms with Crippen LogP contribution in [0.3, 0.4) is 0 Å². The Bertz CT molecular complexity index is 761. The summed E-state index contributed by atoms with van der Waals surface area (Å²) in [6.45, 7) is 0. The number of hydrogen-bond acceptors (Lipinski definition) is 3. The van der Waals surface area contributed by atoms with Gasteiger partial charge in [-0.25, -0.2) is 4.79 Å². The van der Waals surface area contributed by atoms with E-state index in [2.05, 4.69) is 4.74 Å². The van der Waals surface area contributed by atoms with Crippen LogP contribution in [0.1, 0.15) is 21.5 Å². The summed E-state index contributed by atoms with van der Waals surface area (Å²) < 4.78 is 43.1. The van der Waals surface area contributed by atoms with E-state index in [1.165, 1.54) is 31.4 Å². The second-order valence-electron chi connectivity index (χ2n) is 4.44. The van der Waals surface area contributed by atoms with Gasteiger partial charge in [-0.15, -0.1) is 0 Å². The number of alkyl halides is 3. The Labute approximate surface area is 124 Å². The highest BCUT2D eigenvalue weighted by molar-refractivity contribution is 5.91. The van der Waals surface area contributed by atoms with Crippen LogP contribution < -0.4 is 0 Å². The lowest BCUT2D eigenvalue weighted by atomic mass is 9.96. The molecule has 0 saturated heterocycles. The Morgan fingerprint density at radius 2 is 1.91 bits per heavy atom. The molecule has 0 aliphatic carbocycles. The third kappa shape index (κ3) is 3.09. The summed E-state index contributed by atoms with van der Waals surface area (Å²) in [7, 11) is 1.21. The molecule has 112 valence electrons. The minimum atomic E-state index is -4.51. The van der Waals surface area contributed by atoms with Crippen molar-refractivity contribution < 1.29 is 22.7 Å². The van der Waals surface area contributed by atoms with Gasteiger partial charge >= 0.3 is 12.1 Å². The van der Waals surface area contributed by atoms with E-state index in [0.717, 1.165) is 18.2 Å². The summed E-state index contributed by atoms with van der Waals surface area (Å²) in [5.74, 6) is -0.604. The highest BCUT2D eigenvalue weighted by Gasteiger charge is 2.31. The van der Waals surface area contributed by atoms with Crippen LogP contribution in [0.5, 0.6) is 0 Å². The summed E-state index contributed by atoms with van der Waals surface area (Å²) in [6, 6.07) is 10.6. The molecule has 3 nitrogen and oxygen atoms in total. The van der Waals surface area contributed by atoms with Crippen molar-refractivity contribution >= 4 is 5.97 Å². The number of benzene rings is 2. The molecular formula is C16H10F3NO2. The Kier molecular flexibility index (Phi) is 4.18. The highest BCUT2D eigenvalue weighted by Crippen LogP contribution is 2.34. The first-order valence-electron chi connectivity index (χ1n) is 6.17. The molecule has 2 aromatic rings. The molecule has 0 spiro atoms. The molecule has 0 bridgehead atoms. The first-order valence-corrected chi connectivity index (χ1v) is 6.17. The van der Waals surface area contributed by atoms with E-state index in [9.17, 15) is 18.0 Å². The molecule has 2 rings (SSSR count). The summed E-state index contributed by atoms with van der Waals surface area (Å²) in [6.07, 6.45) is -4.51. The van der Waals surface area contributed by atoms with Crippen LogP contribution in [0.15, 0.2) is 42.5 Å². The lowest BCUT2D eigenvalue weighted by Crippen LogP contribution is -2.05. The number of nitriles is 1. The summed E-state index contributed by atoms with van der Waals surface area (Å²) in [4.78, 5) is 11.5. The van der Waals surface area contributed by atoms with Crippen LogP contribution in [0.2, 0.25) is 0 Å². The number of ether oxygens (including phenoxy) is 1. The maximum Gasteiger partial charge on any atom is 0.416 e. The molecule has 0 fully saturated rings. The molecule has 6 heteroatoms. The van der Waals surface area contributed by atoms with Crippen LogP contribution in [0.4, 0.5) is 13.2 Å². The topological polar surface area (TPSA) is 50.1 Å². The molecule has 0 unspecified atom stereocenters. The zero-order valence-corrected chi connectivity index (χ0v) is 11.4. The molecule has 0 saturated carbocycles. The van der Waals surface area contributed by atoms with E-state index in [4.69, 9.17) is 5.26 Å². The van der Waals surface area contributed by atoms with E-state index < -0.39 is 17.7 Å². The highest BCUT2D eigenvalue weighted by atomic mass is 19.4. The molecular weight excluding hydrogens is 295 g/mol. The van der Waals surface area contributed by atoms with Crippen molar-refractivity contribution in [2.45, 2.75) is 6.18 Å². The first-order chi connectivity index (χ1) is 10.4. The number of carbonyl (C=O) groups is 1. The zero-order valence-electron chi connectivity index (χ0n) is 11.4. The van der Waals surface area contributed by atoms with Crippen LogP contribution in [-0.4, -0.2) is 13.1 Å². The predicted octanol–water partition coefficient (Wildman–Crippen LogP) is 4.03. The summed E-state index contributed by atoms with van der Waals surface area (Å²) >= 11 is 0. The molecule has 0 heterocycles. The maximum atomic E-state index is 12.8. The summed E-state index contributed by atoms with van der Waals surface area (Å²) in [5.41, 5.74) is -0.116. The fourth-order valence-corrected chi connectivity index (χ4v) is 1.99. The predicted molar refractivity (Wildman–Crippen MR) is 72.9 cm³/mol. The quantitative estimate of drug-likeness (QED) is 0.787. The number of rotatable bonds is 2. The van der Waals surface area contributed by atoms with Gasteiger partial charge in [-0.05, 0) is 35.9 Å². The molecule has 0 aromatic heterocycles. The molecule has 0 aliphatic rings. The standard InChI is InChI=1S/C16H10F3NO2/c1-22-15(21)11-4-2-3-10(7-11)14-8-13(16(17,18)19)6-5-12(14)9-20/h2-8H,1H3. The Balaban J connectivity index is 2.61. The second kappa shape index (κ2) is 5.90. The van der Waals surface area contributed by atoms with Crippen molar-refractivity contribution in [3.05, 3.63) is 59.2 Å². The monoisotopic (exact) mass is 305 g/mol.